The maximum Gasteiger partial charge on any atom is 0.348 e. The van der Waals surface area contributed by atoms with Crippen LogP contribution in [0.4, 0.5) is 0 Å². The van der Waals surface area contributed by atoms with Crippen LogP contribution in [-0.4, -0.2) is 33.4 Å². The summed E-state index contributed by atoms with van der Waals surface area (Å²) >= 11 is 1.46. The van der Waals surface area contributed by atoms with Crippen LogP contribution in [0.25, 0.3) is 0 Å². The summed E-state index contributed by atoms with van der Waals surface area (Å²) in [6.07, 6.45) is 3.63. The Morgan fingerprint density at radius 3 is 2.69 bits per heavy atom. The molecule has 3 N–H and O–H groups in total. The van der Waals surface area contributed by atoms with Gasteiger partial charge in [0.2, 0.25) is 10.0 Å². The van der Waals surface area contributed by atoms with Crippen molar-refractivity contribution in [1.82, 2.24) is 5.32 Å². The Kier molecular flexibility index (Phi) is 6.71. The van der Waals surface area contributed by atoms with Crippen molar-refractivity contribution in [3.8, 4) is 0 Å². The smallest absolute Gasteiger partial charge is 0.348 e. The monoisotopic (exact) mass is 436 g/mol. The molecule has 1 atom stereocenters. The fourth-order valence-electron chi connectivity index (χ4n) is 3.25. The van der Waals surface area contributed by atoms with Crippen molar-refractivity contribution in [3.63, 3.8) is 0 Å². The highest BCUT2D eigenvalue weighted by Gasteiger charge is 2.21. The summed E-state index contributed by atoms with van der Waals surface area (Å²) in [7, 11) is -3.71. The zero-order valence-corrected chi connectivity index (χ0v) is 17.8. The zero-order valence-electron chi connectivity index (χ0n) is 16.1. The van der Waals surface area contributed by atoms with Crippen molar-refractivity contribution in [2.75, 3.05) is 13.2 Å². The van der Waals surface area contributed by atoms with Crippen molar-refractivity contribution in [3.05, 3.63) is 51.2 Å². The maximum atomic E-state index is 12.2. The van der Waals surface area contributed by atoms with Crippen LogP contribution < -0.4 is 10.5 Å². The SMILES string of the molecule is CC1CCc2sc(C(=O)OCC(=O)NCCc3ccc(S(N)(=O)=O)cc3)cc2C1. The van der Waals surface area contributed by atoms with Gasteiger partial charge < -0.3 is 10.1 Å². The van der Waals surface area contributed by atoms with Gasteiger partial charge in [-0.05, 0) is 60.9 Å². The first-order chi connectivity index (χ1) is 13.7. The molecule has 0 saturated carbocycles. The number of hydrogen-bond donors (Lipinski definition) is 2. The molecular weight excluding hydrogens is 412 g/mol. The minimum absolute atomic E-state index is 0.0434. The van der Waals surface area contributed by atoms with Gasteiger partial charge in [0.25, 0.3) is 5.91 Å². The fourth-order valence-corrected chi connectivity index (χ4v) is 4.87. The molecule has 1 aliphatic carbocycles. The highest BCUT2D eigenvalue weighted by Crippen LogP contribution is 2.32. The summed E-state index contributed by atoms with van der Waals surface area (Å²) in [5.41, 5.74) is 2.08. The van der Waals surface area contributed by atoms with E-state index in [2.05, 4.69) is 12.2 Å². The largest absolute Gasteiger partial charge is 0.451 e. The third kappa shape index (κ3) is 5.88. The second-order valence-electron chi connectivity index (χ2n) is 7.27. The lowest BCUT2D eigenvalue weighted by Gasteiger charge is -2.16. The molecule has 0 radical (unpaired) electrons. The average Bonchev–Trinajstić information content (AvgIpc) is 3.09. The Bertz CT molecular complexity index is 996. The quantitative estimate of drug-likeness (QED) is 0.645. The number of benzene rings is 1. The van der Waals surface area contributed by atoms with Crippen molar-refractivity contribution in [1.29, 1.82) is 0 Å². The summed E-state index contributed by atoms with van der Waals surface area (Å²) in [6, 6.07) is 8.03. The molecule has 0 aliphatic heterocycles. The number of esters is 1. The van der Waals surface area contributed by atoms with E-state index in [9.17, 15) is 18.0 Å². The molecule has 0 spiro atoms. The van der Waals surface area contributed by atoms with E-state index in [0.29, 0.717) is 23.8 Å². The van der Waals surface area contributed by atoms with E-state index < -0.39 is 16.0 Å². The number of ether oxygens (including phenoxy) is 1. The fraction of sp³-hybridized carbons (Fsp3) is 0.400. The van der Waals surface area contributed by atoms with Gasteiger partial charge in [0.1, 0.15) is 4.88 Å². The summed E-state index contributed by atoms with van der Waals surface area (Å²) in [5.74, 6) is -0.220. The summed E-state index contributed by atoms with van der Waals surface area (Å²) < 4.78 is 27.6. The molecule has 1 amide bonds. The first kappa shape index (κ1) is 21.5. The molecule has 0 fully saturated rings. The molecule has 156 valence electrons. The lowest BCUT2D eigenvalue weighted by molar-refractivity contribution is -0.124. The number of sulfonamides is 1. The molecule has 29 heavy (non-hydrogen) atoms. The number of amides is 1. The van der Waals surface area contributed by atoms with Crippen molar-refractivity contribution < 1.29 is 22.7 Å². The molecule has 3 rings (SSSR count). The van der Waals surface area contributed by atoms with Crippen LogP contribution >= 0.6 is 11.3 Å². The first-order valence-corrected chi connectivity index (χ1v) is 11.8. The van der Waals surface area contributed by atoms with Crippen LogP contribution in [0.3, 0.4) is 0 Å². The van der Waals surface area contributed by atoms with Gasteiger partial charge in [-0.25, -0.2) is 18.4 Å². The maximum absolute atomic E-state index is 12.2. The van der Waals surface area contributed by atoms with Crippen molar-refractivity contribution in [2.24, 2.45) is 11.1 Å². The van der Waals surface area contributed by atoms with E-state index >= 15 is 0 Å². The molecule has 1 heterocycles. The van der Waals surface area contributed by atoms with E-state index in [4.69, 9.17) is 9.88 Å². The van der Waals surface area contributed by atoms with Crippen LogP contribution in [0.1, 0.15) is 39.0 Å². The third-order valence-electron chi connectivity index (χ3n) is 4.85. The van der Waals surface area contributed by atoms with Crippen molar-refractivity contribution in [2.45, 2.75) is 37.5 Å². The average molecular weight is 437 g/mol. The van der Waals surface area contributed by atoms with Gasteiger partial charge in [0.15, 0.2) is 6.61 Å². The number of fused-ring (bicyclic) bond motifs is 1. The van der Waals surface area contributed by atoms with E-state index in [1.807, 2.05) is 6.07 Å². The van der Waals surface area contributed by atoms with Gasteiger partial charge in [-0.15, -0.1) is 11.3 Å². The van der Waals surface area contributed by atoms with Gasteiger partial charge in [-0.2, -0.15) is 0 Å². The number of nitrogens with two attached hydrogens (primary N) is 1. The Morgan fingerprint density at radius 1 is 1.28 bits per heavy atom. The first-order valence-electron chi connectivity index (χ1n) is 9.39. The van der Waals surface area contributed by atoms with Crippen molar-refractivity contribution >= 4 is 33.2 Å². The Morgan fingerprint density at radius 2 is 2.00 bits per heavy atom. The number of hydrogen-bond acceptors (Lipinski definition) is 6. The summed E-state index contributed by atoms with van der Waals surface area (Å²) in [4.78, 5) is 26.0. The summed E-state index contributed by atoms with van der Waals surface area (Å²) in [5, 5.41) is 7.74. The number of thiophene rings is 1. The van der Waals surface area contributed by atoms with Gasteiger partial charge in [-0.3, -0.25) is 4.79 Å². The second-order valence-corrected chi connectivity index (χ2v) is 9.97. The Hall–Kier alpha value is -2.23. The Balaban J connectivity index is 1.41. The number of rotatable bonds is 7. The van der Waals surface area contributed by atoms with Gasteiger partial charge >= 0.3 is 5.97 Å². The van der Waals surface area contributed by atoms with Crippen LogP contribution in [0.15, 0.2) is 35.2 Å². The summed E-state index contributed by atoms with van der Waals surface area (Å²) in [6.45, 7) is 2.22. The van der Waals surface area contributed by atoms with Crippen LogP contribution in [0, 0.1) is 5.92 Å². The van der Waals surface area contributed by atoms with Gasteiger partial charge in [-0.1, -0.05) is 19.1 Å². The molecule has 9 heteroatoms. The molecule has 7 nitrogen and oxygen atoms in total. The molecular formula is C20H24N2O5S2. The van der Waals surface area contributed by atoms with Crippen LogP contribution in [0.2, 0.25) is 0 Å². The highest BCUT2D eigenvalue weighted by atomic mass is 32.2. The predicted octanol–water partition coefficient (Wildman–Crippen LogP) is 2.04. The van der Waals surface area contributed by atoms with E-state index in [1.54, 1.807) is 12.1 Å². The molecule has 0 saturated heterocycles. The van der Waals surface area contributed by atoms with E-state index in [1.165, 1.54) is 33.9 Å². The number of nitrogens with one attached hydrogen (secondary N) is 1. The van der Waals surface area contributed by atoms with E-state index in [-0.39, 0.29) is 17.4 Å². The number of carbonyl (C=O) groups is 2. The number of primary sulfonamides is 1. The number of aryl methyl sites for hydroxylation is 1. The topological polar surface area (TPSA) is 116 Å². The standard InChI is InChI=1S/C20H24N2O5S2/c1-13-2-7-17-15(10-13)11-18(28-17)20(24)27-12-19(23)22-9-8-14-3-5-16(6-4-14)29(21,25)26/h3-6,11,13H,2,7-10,12H2,1H3,(H,22,23)(H2,21,25,26). The molecule has 0 bridgehead atoms. The van der Waals surface area contributed by atoms with Gasteiger partial charge in [0, 0.05) is 11.4 Å². The predicted molar refractivity (Wildman–Crippen MR) is 110 cm³/mol. The normalized spacial score (nSPS) is 16.1. The highest BCUT2D eigenvalue weighted by molar-refractivity contribution is 7.89. The third-order valence-corrected chi connectivity index (χ3v) is 7.00. The van der Waals surface area contributed by atoms with E-state index in [0.717, 1.165) is 24.8 Å². The zero-order chi connectivity index (χ0) is 21.0. The van der Waals surface area contributed by atoms with Crippen LogP contribution in [0.5, 0.6) is 0 Å². The molecule has 2 aromatic rings. The molecule has 1 aliphatic rings. The molecule has 1 aromatic heterocycles. The minimum atomic E-state index is -3.71. The molecule has 1 unspecified atom stereocenters. The molecule has 1 aromatic carbocycles. The Labute approximate surface area is 174 Å². The van der Waals surface area contributed by atoms with Crippen LogP contribution in [-0.2, 0) is 38.8 Å². The number of carbonyl (C=O) groups excluding carboxylic acids is 2. The van der Waals surface area contributed by atoms with Gasteiger partial charge in [0.05, 0.1) is 4.90 Å². The lowest BCUT2D eigenvalue weighted by Crippen LogP contribution is -2.30. The second kappa shape index (κ2) is 9.06. The lowest BCUT2D eigenvalue weighted by atomic mass is 9.90. The minimum Gasteiger partial charge on any atom is -0.451 e.